The minimum absolute atomic E-state index is 0.121. The summed E-state index contributed by atoms with van der Waals surface area (Å²) in [6.45, 7) is 5.77. The minimum atomic E-state index is 0.121. The quantitative estimate of drug-likeness (QED) is 0.868. The van der Waals surface area contributed by atoms with Gasteiger partial charge in [-0.1, -0.05) is 12.8 Å². The van der Waals surface area contributed by atoms with E-state index in [1.165, 1.54) is 25.7 Å². The van der Waals surface area contributed by atoms with Crippen LogP contribution in [0.15, 0.2) is 24.5 Å². The first-order valence-electron chi connectivity index (χ1n) is 9.22. The van der Waals surface area contributed by atoms with Crippen molar-refractivity contribution in [3.8, 4) is 0 Å². The monoisotopic (exact) mass is 331 g/mol. The molecule has 0 radical (unpaired) electrons. The number of hydrogen-bond donors (Lipinski definition) is 1. The van der Waals surface area contributed by atoms with Gasteiger partial charge in [-0.05, 0) is 43.9 Å². The van der Waals surface area contributed by atoms with Crippen LogP contribution in [-0.4, -0.2) is 53.7 Å². The molecule has 1 aromatic rings. The van der Waals surface area contributed by atoms with Crippen LogP contribution in [0.4, 0.5) is 0 Å². The van der Waals surface area contributed by atoms with E-state index in [1.54, 1.807) is 12.4 Å². The first kappa shape index (κ1) is 17.4. The molecule has 1 aromatic heterocycles. The van der Waals surface area contributed by atoms with Crippen molar-refractivity contribution in [2.75, 3.05) is 26.3 Å². The van der Waals surface area contributed by atoms with Gasteiger partial charge in [0.1, 0.15) is 0 Å². The highest BCUT2D eigenvalue weighted by Crippen LogP contribution is 2.38. The topological polar surface area (TPSA) is 54.5 Å². The molecule has 1 atom stereocenters. The van der Waals surface area contributed by atoms with E-state index in [9.17, 15) is 4.79 Å². The molecule has 1 saturated carbocycles. The molecular formula is C19H29N3O2. The average Bonchev–Trinajstić information content (AvgIpc) is 3.13. The first-order valence-corrected chi connectivity index (χ1v) is 9.22. The van der Waals surface area contributed by atoms with E-state index in [4.69, 9.17) is 4.74 Å². The second-order valence-electron chi connectivity index (χ2n) is 7.05. The standard InChI is InChI=1S/C19H29N3O2/c1-16(21-18(23)5-4-17-6-10-20-11-7-17)19(8-2-3-9-19)22-12-14-24-15-13-22/h6-7,10-11,16H,2-5,8-9,12-15H2,1H3,(H,21,23). The molecule has 1 saturated heterocycles. The van der Waals surface area contributed by atoms with Gasteiger partial charge in [0.05, 0.1) is 13.2 Å². The molecule has 1 aliphatic carbocycles. The molecule has 24 heavy (non-hydrogen) atoms. The molecule has 2 fully saturated rings. The molecule has 1 aliphatic heterocycles. The van der Waals surface area contributed by atoms with Crippen molar-refractivity contribution in [3.63, 3.8) is 0 Å². The van der Waals surface area contributed by atoms with Crippen molar-refractivity contribution in [1.82, 2.24) is 15.2 Å². The van der Waals surface area contributed by atoms with Gasteiger partial charge in [0.2, 0.25) is 5.91 Å². The van der Waals surface area contributed by atoms with E-state index in [2.05, 4.69) is 22.1 Å². The number of amides is 1. The van der Waals surface area contributed by atoms with Crippen LogP contribution in [0.5, 0.6) is 0 Å². The molecule has 1 N–H and O–H groups in total. The second-order valence-corrected chi connectivity index (χ2v) is 7.05. The lowest BCUT2D eigenvalue weighted by atomic mass is 9.86. The van der Waals surface area contributed by atoms with Gasteiger partial charge in [-0.15, -0.1) is 0 Å². The maximum Gasteiger partial charge on any atom is 0.220 e. The maximum absolute atomic E-state index is 12.4. The Morgan fingerprint density at radius 1 is 1.29 bits per heavy atom. The highest BCUT2D eigenvalue weighted by Gasteiger charge is 2.44. The van der Waals surface area contributed by atoms with Crippen LogP contribution in [0, 0.1) is 0 Å². The predicted molar refractivity (Wildman–Crippen MR) is 93.8 cm³/mol. The molecule has 5 heteroatoms. The summed E-state index contributed by atoms with van der Waals surface area (Å²) in [7, 11) is 0. The van der Waals surface area contributed by atoms with E-state index in [0.29, 0.717) is 6.42 Å². The minimum Gasteiger partial charge on any atom is -0.379 e. The Labute approximate surface area is 144 Å². The largest absolute Gasteiger partial charge is 0.379 e. The smallest absolute Gasteiger partial charge is 0.220 e. The number of nitrogens with zero attached hydrogens (tertiary/aromatic N) is 2. The average molecular weight is 331 g/mol. The summed E-state index contributed by atoms with van der Waals surface area (Å²) < 4.78 is 5.52. The van der Waals surface area contributed by atoms with Crippen molar-refractivity contribution in [3.05, 3.63) is 30.1 Å². The number of pyridine rings is 1. The third-order valence-electron chi connectivity index (χ3n) is 5.68. The Hall–Kier alpha value is -1.46. The van der Waals surface area contributed by atoms with E-state index in [0.717, 1.165) is 38.3 Å². The molecule has 5 nitrogen and oxygen atoms in total. The van der Waals surface area contributed by atoms with Gasteiger partial charge in [0.25, 0.3) is 0 Å². The van der Waals surface area contributed by atoms with Gasteiger partial charge in [0.15, 0.2) is 0 Å². The molecule has 0 aromatic carbocycles. The normalized spacial score (nSPS) is 22.2. The van der Waals surface area contributed by atoms with Crippen molar-refractivity contribution in [2.45, 2.75) is 57.0 Å². The van der Waals surface area contributed by atoms with Gasteiger partial charge in [-0.25, -0.2) is 0 Å². The lowest BCUT2D eigenvalue weighted by Crippen LogP contribution is -2.62. The molecule has 1 unspecified atom stereocenters. The van der Waals surface area contributed by atoms with Crippen molar-refractivity contribution >= 4 is 5.91 Å². The van der Waals surface area contributed by atoms with Crippen LogP contribution < -0.4 is 5.32 Å². The molecule has 0 spiro atoms. The molecule has 132 valence electrons. The number of aromatic nitrogens is 1. The number of ether oxygens (including phenoxy) is 1. The van der Waals surface area contributed by atoms with Crippen molar-refractivity contribution in [2.24, 2.45) is 0 Å². The lowest BCUT2D eigenvalue weighted by Gasteiger charge is -2.47. The number of nitrogens with one attached hydrogen (secondary N) is 1. The van der Waals surface area contributed by atoms with Crippen molar-refractivity contribution in [1.29, 1.82) is 0 Å². The highest BCUT2D eigenvalue weighted by molar-refractivity contribution is 5.76. The summed E-state index contributed by atoms with van der Waals surface area (Å²) in [6.07, 6.45) is 9.74. The Morgan fingerprint density at radius 2 is 1.96 bits per heavy atom. The number of aryl methyl sites for hydroxylation is 1. The van der Waals surface area contributed by atoms with Crippen LogP contribution >= 0.6 is 0 Å². The first-order chi connectivity index (χ1) is 11.7. The maximum atomic E-state index is 12.4. The fourth-order valence-corrected chi connectivity index (χ4v) is 4.27. The molecule has 2 heterocycles. The second kappa shape index (κ2) is 8.08. The van der Waals surface area contributed by atoms with E-state index < -0.39 is 0 Å². The Kier molecular flexibility index (Phi) is 5.85. The molecule has 3 rings (SSSR count). The summed E-state index contributed by atoms with van der Waals surface area (Å²) in [5.41, 5.74) is 1.28. The zero-order chi connectivity index (χ0) is 16.8. The van der Waals surface area contributed by atoms with Gasteiger partial charge in [0, 0.05) is 43.5 Å². The van der Waals surface area contributed by atoms with E-state index >= 15 is 0 Å². The Balaban J connectivity index is 1.57. The summed E-state index contributed by atoms with van der Waals surface area (Å²) in [6, 6.07) is 4.13. The highest BCUT2D eigenvalue weighted by atomic mass is 16.5. The SMILES string of the molecule is CC(NC(=O)CCc1ccncc1)C1(N2CCOCC2)CCCC1. The number of hydrogen-bond acceptors (Lipinski definition) is 4. The van der Waals surface area contributed by atoms with Crippen LogP contribution in [0.25, 0.3) is 0 Å². The summed E-state index contributed by atoms with van der Waals surface area (Å²) in [5.74, 6) is 0.152. The zero-order valence-corrected chi connectivity index (χ0v) is 14.7. The predicted octanol–water partition coefficient (Wildman–Crippen LogP) is 2.16. The Bertz CT molecular complexity index is 523. The molecule has 0 bridgehead atoms. The third kappa shape index (κ3) is 3.95. The van der Waals surface area contributed by atoms with Gasteiger partial charge in [-0.3, -0.25) is 14.7 Å². The Morgan fingerprint density at radius 3 is 2.62 bits per heavy atom. The fourth-order valence-electron chi connectivity index (χ4n) is 4.27. The van der Waals surface area contributed by atoms with Gasteiger partial charge >= 0.3 is 0 Å². The number of carbonyl (C=O) groups is 1. The summed E-state index contributed by atoms with van der Waals surface area (Å²) in [5, 5.41) is 3.29. The zero-order valence-electron chi connectivity index (χ0n) is 14.7. The van der Waals surface area contributed by atoms with Crippen LogP contribution in [0.1, 0.15) is 44.6 Å². The summed E-state index contributed by atoms with van der Waals surface area (Å²) in [4.78, 5) is 19.0. The van der Waals surface area contributed by atoms with Crippen LogP contribution in [0.2, 0.25) is 0 Å². The van der Waals surface area contributed by atoms with E-state index in [-0.39, 0.29) is 17.5 Å². The summed E-state index contributed by atoms with van der Waals surface area (Å²) >= 11 is 0. The van der Waals surface area contributed by atoms with Gasteiger partial charge in [-0.2, -0.15) is 0 Å². The van der Waals surface area contributed by atoms with Crippen LogP contribution in [-0.2, 0) is 16.0 Å². The lowest BCUT2D eigenvalue weighted by molar-refractivity contribution is -0.123. The fraction of sp³-hybridized carbons (Fsp3) is 0.684. The number of rotatable bonds is 6. The molecular weight excluding hydrogens is 302 g/mol. The van der Waals surface area contributed by atoms with Crippen molar-refractivity contribution < 1.29 is 9.53 Å². The van der Waals surface area contributed by atoms with E-state index in [1.807, 2.05) is 12.1 Å². The van der Waals surface area contributed by atoms with Gasteiger partial charge < -0.3 is 10.1 Å². The molecule has 1 amide bonds. The number of carbonyl (C=O) groups excluding carboxylic acids is 1. The number of morpholine rings is 1. The third-order valence-corrected chi connectivity index (χ3v) is 5.68. The van der Waals surface area contributed by atoms with Crippen LogP contribution in [0.3, 0.4) is 0 Å². The molecule has 2 aliphatic rings.